The Hall–Kier alpha value is -2.88. The minimum Gasteiger partial charge on any atom is -0.323 e. The number of halogens is 1. The van der Waals surface area contributed by atoms with E-state index in [1.807, 2.05) is 54.6 Å². The lowest BCUT2D eigenvalue weighted by Gasteiger charge is -2.10. The molecular formula is C28H29ClN2O. The number of benzene rings is 3. The molecule has 4 rings (SSSR count). The summed E-state index contributed by atoms with van der Waals surface area (Å²) in [5.41, 5.74) is 5.21. The van der Waals surface area contributed by atoms with E-state index in [4.69, 9.17) is 11.6 Å². The van der Waals surface area contributed by atoms with Gasteiger partial charge in [0.05, 0.1) is 0 Å². The van der Waals surface area contributed by atoms with E-state index in [9.17, 15) is 4.79 Å². The van der Waals surface area contributed by atoms with Gasteiger partial charge in [0.1, 0.15) is 0 Å². The number of anilines is 1. The van der Waals surface area contributed by atoms with Gasteiger partial charge in [-0.3, -0.25) is 4.79 Å². The molecule has 1 saturated carbocycles. The van der Waals surface area contributed by atoms with Gasteiger partial charge in [0, 0.05) is 23.3 Å². The van der Waals surface area contributed by atoms with Gasteiger partial charge in [0.25, 0.3) is 0 Å². The maximum absolute atomic E-state index is 12.3. The van der Waals surface area contributed by atoms with Crippen LogP contribution >= 0.6 is 11.6 Å². The number of rotatable bonds is 8. The molecule has 1 aliphatic rings. The summed E-state index contributed by atoms with van der Waals surface area (Å²) in [6.45, 7) is 2.01. The summed E-state index contributed by atoms with van der Waals surface area (Å²) in [4.78, 5) is 12.3. The van der Waals surface area contributed by atoms with Crippen LogP contribution in [0.15, 0.2) is 78.9 Å². The predicted molar refractivity (Wildman–Crippen MR) is 135 cm³/mol. The largest absolute Gasteiger partial charge is 0.323 e. The van der Waals surface area contributed by atoms with Crippen LogP contribution in [0.1, 0.15) is 36.8 Å². The molecule has 3 aromatic rings. The van der Waals surface area contributed by atoms with Crippen LogP contribution in [0.5, 0.6) is 0 Å². The van der Waals surface area contributed by atoms with E-state index in [2.05, 4.69) is 34.9 Å². The van der Waals surface area contributed by atoms with Crippen molar-refractivity contribution in [2.45, 2.75) is 32.2 Å². The van der Waals surface area contributed by atoms with Crippen molar-refractivity contribution < 1.29 is 4.79 Å². The molecule has 3 aromatic carbocycles. The molecule has 2 N–H and O–H groups in total. The van der Waals surface area contributed by atoms with Gasteiger partial charge in [-0.1, -0.05) is 73.0 Å². The Bertz CT molecular complexity index is 1030. The average molecular weight is 445 g/mol. The van der Waals surface area contributed by atoms with Gasteiger partial charge in [-0.25, -0.2) is 0 Å². The molecule has 1 amide bonds. The van der Waals surface area contributed by atoms with Gasteiger partial charge in [-0.15, -0.1) is 0 Å². The second kappa shape index (κ2) is 11.1. The molecule has 164 valence electrons. The van der Waals surface area contributed by atoms with Crippen LogP contribution in [0.2, 0.25) is 5.02 Å². The molecule has 0 atom stereocenters. The van der Waals surface area contributed by atoms with Gasteiger partial charge in [-0.2, -0.15) is 0 Å². The first-order valence-electron chi connectivity index (χ1n) is 11.3. The molecule has 0 unspecified atom stereocenters. The lowest BCUT2D eigenvalue weighted by molar-refractivity contribution is -0.111. The van der Waals surface area contributed by atoms with E-state index in [1.165, 1.54) is 31.2 Å². The molecule has 0 aromatic heterocycles. The van der Waals surface area contributed by atoms with Crippen molar-refractivity contribution in [3.8, 4) is 11.1 Å². The second-order valence-electron chi connectivity index (χ2n) is 8.43. The SMILES string of the molecule is O=C(C=Cc1ccc(CNCC2CCCC2)cc1)Nc1ccc(-c2ccc(Cl)cc2)cc1. The van der Waals surface area contributed by atoms with Crippen LogP contribution in [-0.4, -0.2) is 12.5 Å². The average Bonchev–Trinajstić information content (AvgIpc) is 3.33. The quantitative estimate of drug-likeness (QED) is 0.369. The van der Waals surface area contributed by atoms with Crippen molar-refractivity contribution in [1.82, 2.24) is 5.32 Å². The van der Waals surface area contributed by atoms with Gasteiger partial charge < -0.3 is 10.6 Å². The van der Waals surface area contributed by atoms with Crippen molar-refractivity contribution in [2.75, 3.05) is 11.9 Å². The summed E-state index contributed by atoms with van der Waals surface area (Å²) >= 11 is 5.95. The summed E-state index contributed by atoms with van der Waals surface area (Å²) in [6.07, 6.45) is 8.91. The highest BCUT2D eigenvalue weighted by Gasteiger charge is 2.13. The van der Waals surface area contributed by atoms with E-state index in [1.54, 1.807) is 6.08 Å². The third-order valence-corrected chi connectivity index (χ3v) is 6.23. The number of nitrogens with one attached hydrogen (secondary N) is 2. The summed E-state index contributed by atoms with van der Waals surface area (Å²) < 4.78 is 0. The van der Waals surface area contributed by atoms with Crippen molar-refractivity contribution >= 4 is 29.3 Å². The molecule has 0 aliphatic heterocycles. The highest BCUT2D eigenvalue weighted by atomic mass is 35.5. The van der Waals surface area contributed by atoms with Gasteiger partial charge >= 0.3 is 0 Å². The lowest BCUT2D eigenvalue weighted by Crippen LogP contribution is -2.20. The zero-order chi connectivity index (χ0) is 22.2. The molecular weight excluding hydrogens is 416 g/mol. The van der Waals surface area contributed by atoms with Crippen molar-refractivity contribution in [3.63, 3.8) is 0 Å². The fourth-order valence-corrected chi connectivity index (χ4v) is 4.25. The Balaban J connectivity index is 1.25. The fraction of sp³-hybridized carbons (Fsp3) is 0.250. The Morgan fingerprint density at radius 3 is 2.16 bits per heavy atom. The van der Waals surface area contributed by atoms with E-state index in [-0.39, 0.29) is 5.91 Å². The minimum atomic E-state index is -0.147. The van der Waals surface area contributed by atoms with Crippen LogP contribution in [0, 0.1) is 5.92 Å². The van der Waals surface area contributed by atoms with Crippen LogP contribution in [0.25, 0.3) is 17.2 Å². The zero-order valence-electron chi connectivity index (χ0n) is 18.2. The Morgan fingerprint density at radius 2 is 1.50 bits per heavy atom. The highest BCUT2D eigenvalue weighted by molar-refractivity contribution is 6.30. The van der Waals surface area contributed by atoms with E-state index in [0.29, 0.717) is 0 Å². The molecule has 4 heteroatoms. The first kappa shape index (κ1) is 22.3. The molecule has 32 heavy (non-hydrogen) atoms. The molecule has 1 aliphatic carbocycles. The Morgan fingerprint density at radius 1 is 0.875 bits per heavy atom. The molecule has 3 nitrogen and oxygen atoms in total. The van der Waals surface area contributed by atoms with E-state index >= 15 is 0 Å². The summed E-state index contributed by atoms with van der Waals surface area (Å²) in [7, 11) is 0. The van der Waals surface area contributed by atoms with Crippen LogP contribution in [0.4, 0.5) is 5.69 Å². The standard InChI is InChI=1S/C28H29ClN2O/c29-26-14-10-24(11-15-26)25-12-16-27(17-13-25)31-28(32)18-9-21-5-7-23(8-6-21)20-30-19-22-3-1-2-4-22/h5-18,22,30H,1-4,19-20H2,(H,31,32). The number of hydrogen-bond donors (Lipinski definition) is 2. The maximum Gasteiger partial charge on any atom is 0.248 e. The van der Waals surface area contributed by atoms with Crippen LogP contribution in [0.3, 0.4) is 0 Å². The van der Waals surface area contributed by atoms with Gasteiger partial charge in [0.15, 0.2) is 0 Å². The summed E-state index contributed by atoms with van der Waals surface area (Å²) in [5.74, 6) is 0.705. The molecule has 0 radical (unpaired) electrons. The molecule has 0 bridgehead atoms. The third kappa shape index (κ3) is 6.56. The van der Waals surface area contributed by atoms with Crippen LogP contribution in [-0.2, 0) is 11.3 Å². The number of carbonyl (C=O) groups is 1. The maximum atomic E-state index is 12.3. The van der Waals surface area contributed by atoms with Gasteiger partial charge in [-0.05, 0) is 77.9 Å². The van der Waals surface area contributed by atoms with Gasteiger partial charge in [0.2, 0.25) is 5.91 Å². The highest BCUT2D eigenvalue weighted by Crippen LogP contribution is 2.24. The van der Waals surface area contributed by atoms with Crippen molar-refractivity contribution in [2.24, 2.45) is 5.92 Å². The topological polar surface area (TPSA) is 41.1 Å². The number of hydrogen-bond acceptors (Lipinski definition) is 2. The Labute approximate surface area is 195 Å². The first-order valence-corrected chi connectivity index (χ1v) is 11.7. The molecule has 0 heterocycles. The molecule has 0 saturated heterocycles. The zero-order valence-corrected chi connectivity index (χ0v) is 18.9. The monoisotopic (exact) mass is 444 g/mol. The minimum absolute atomic E-state index is 0.147. The molecule has 1 fully saturated rings. The van der Waals surface area contributed by atoms with Crippen molar-refractivity contribution in [1.29, 1.82) is 0 Å². The predicted octanol–water partition coefficient (Wildman–Crippen LogP) is 6.94. The third-order valence-electron chi connectivity index (χ3n) is 5.97. The lowest BCUT2D eigenvalue weighted by atomic mass is 10.1. The van der Waals surface area contributed by atoms with Crippen molar-refractivity contribution in [3.05, 3.63) is 95.0 Å². The van der Waals surface area contributed by atoms with E-state index < -0.39 is 0 Å². The normalized spacial score (nSPS) is 14.2. The first-order chi connectivity index (χ1) is 15.7. The smallest absolute Gasteiger partial charge is 0.248 e. The number of carbonyl (C=O) groups excluding carboxylic acids is 1. The fourth-order valence-electron chi connectivity index (χ4n) is 4.13. The second-order valence-corrected chi connectivity index (χ2v) is 8.87. The summed E-state index contributed by atoms with van der Waals surface area (Å²) in [5, 5.41) is 7.20. The molecule has 0 spiro atoms. The Kier molecular flexibility index (Phi) is 7.76. The van der Waals surface area contributed by atoms with Crippen LogP contribution < -0.4 is 10.6 Å². The number of amides is 1. The van der Waals surface area contributed by atoms with E-state index in [0.717, 1.165) is 46.4 Å². The summed E-state index contributed by atoms with van der Waals surface area (Å²) in [6, 6.07) is 23.8.